The van der Waals surface area contributed by atoms with E-state index < -0.39 is 0 Å². The molecule has 1 unspecified atom stereocenters. The first kappa shape index (κ1) is 15.7. The van der Waals surface area contributed by atoms with Gasteiger partial charge in [-0.25, -0.2) is 4.98 Å². The molecule has 120 valence electrons. The second-order valence-electron chi connectivity index (χ2n) is 5.98. The second kappa shape index (κ2) is 6.13. The number of rotatable bonds is 2. The van der Waals surface area contributed by atoms with Gasteiger partial charge in [-0.1, -0.05) is 0 Å². The van der Waals surface area contributed by atoms with E-state index in [0.717, 1.165) is 41.7 Å². The Morgan fingerprint density at radius 1 is 1.26 bits per heavy atom. The van der Waals surface area contributed by atoms with Crippen LogP contribution in [-0.4, -0.2) is 40.9 Å². The van der Waals surface area contributed by atoms with Crippen molar-refractivity contribution in [3.63, 3.8) is 0 Å². The molecule has 7 heteroatoms. The van der Waals surface area contributed by atoms with Crippen molar-refractivity contribution < 1.29 is 0 Å². The summed E-state index contributed by atoms with van der Waals surface area (Å²) >= 11 is 1.68. The standard InChI is InChI=1S/C16H20N6S/c1-10-9-23-16(18-10)22-6-5-21(8-11(22)2)15-14(7-17)12(3)13(4)19-20-15/h9,11H,5-6,8H2,1-4H3. The molecule has 23 heavy (non-hydrogen) atoms. The molecule has 0 spiro atoms. The van der Waals surface area contributed by atoms with Gasteiger partial charge >= 0.3 is 0 Å². The van der Waals surface area contributed by atoms with Gasteiger partial charge in [-0.15, -0.1) is 16.4 Å². The molecule has 1 atom stereocenters. The molecule has 2 aromatic rings. The predicted molar refractivity (Wildman–Crippen MR) is 92.1 cm³/mol. The first-order chi connectivity index (χ1) is 11.0. The molecule has 1 aliphatic rings. The Morgan fingerprint density at radius 2 is 2.04 bits per heavy atom. The minimum absolute atomic E-state index is 0.309. The third-order valence-corrected chi connectivity index (χ3v) is 5.32. The second-order valence-corrected chi connectivity index (χ2v) is 6.82. The summed E-state index contributed by atoms with van der Waals surface area (Å²) in [6.45, 7) is 10.5. The fourth-order valence-corrected chi connectivity index (χ4v) is 3.79. The maximum atomic E-state index is 9.49. The van der Waals surface area contributed by atoms with E-state index in [2.05, 4.69) is 43.4 Å². The third-order valence-electron chi connectivity index (χ3n) is 4.33. The van der Waals surface area contributed by atoms with E-state index in [1.807, 2.05) is 20.8 Å². The van der Waals surface area contributed by atoms with Crippen molar-refractivity contribution in [2.45, 2.75) is 33.7 Å². The van der Waals surface area contributed by atoms with Gasteiger partial charge in [-0.3, -0.25) is 0 Å². The zero-order valence-corrected chi connectivity index (χ0v) is 14.7. The van der Waals surface area contributed by atoms with Crippen molar-refractivity contribution in [2.24, 2.45) is 0 Å². The highest BCUT2D eigenvalue weighted by molar-refractivity contribution is 7.13. The van der Waals surface area contributed by atoms with Gasteiger partial charge in [0.05, 0.1) is 11.4 Å². The molecule has 6 nitrogen and oxygen atoms in total. The first-order valence-corrected chi connectivity index (χ1v) is 8.57. The van der Waals surface area contributed by atoms with Crippen molar-refractivity contribution in [2.75, 3.05) is 29.4 Å². The lowest BCUT2D eigenvalue weighted by Gasteiger charge is -2.40. The summed E-state index contributed by atoms with van der Waals surface area (Å²) in [5, 5.41) is 21.1. The molecule has 0 radical (unpaired) electrons. The highest BCUT2D eigenvalue weighted by Gasteiger charge is 2.28. The molecule has 0 N–H and O–H groups in total. The first-order valence-electron chi connectivity index (χ1n) is 7.69. The predicted octanol–water partition coefficient (Wildman–Crippen LogP) is 2.45. The molecule has 0 bridgehead atoms. The van der Waals surface area contributed by atoms with E-state index in [1.165, 1.54) is 0 Å². The normalized spacial score (nSPS) is 18.1. The SMILES string of the molecule is Cc1csc(N2CCN(c3nnc(C)c(C)c3C#N)CC2C)n1. The number of nitriles is 1. The topological polar surface area (TPSA) is 68.9 Å². The number of anilines is 2. The molecular weight excluding hydrogens is 308 g/mol. The van der Waals surface area contributed by atoms with Crippen LogP contribution in [-0.2, 0) is 0 Å². The average Bonchev–Trinajstić information content (AvgIpc) is 2.96. The highest BCUT2D eigenvalue weighted by atomic mass is 32.1. The van der Waals surface area contributed by atoms with Gasteiger partial charge in [0.2, 0.25) is 0 Å². The minimum atomic E-state index is 0.309. The summed E-state index contributed by atoms with van der Waals surface area (Å²) in [5.74, 6) is 0.706. The fourth-order valence-electron chi connectivity index (χ4n) is 2.86. The zero-order valence-electron chi connectivity index (χ0n) is 13.9. The molecule has 1 saturated heterocycles. The number of aromatic nitrogens is 3. The average molecular weight is 328 g/mol. The number of nitrogens with zero attached hydrogens (tertiary/aromatic N) is 6. The summed E-state index contributed by atoms with van der Waals surface area (Å²) in [7, 11) is 0. The van der Waals surface area contributed by atoms with Crippen LogP contribution in [0.15, 0.2) is 5.38 Å². The number of hydrogen-bond acceptors (Lipinski definition) is 7. The monoisotopic (exact) mass is 328 g/mol. The molecule has 1 aliphatic heterocycles. The van der Waals surface area contributed by atoms with Gasteiger partial charge in [-0.05, 0) is 33.3 Å². The van der Waals surface area contributed by atoms with Gasteiger partial charge < -0.3 is 9.80 Å². The number of hydrogen-bond donors (Lipinski definition) is 0. The fraction of sp³-hybridized carbons (Fsp3) is 0.500. The maximum Gasteiger partial charge on any atom is 0.185 e. The smallest absolute Gasteiger partial charge is 0.185 e. The van der Waals surface area contributed by atoms with Crippen LogP contribution in [0, 0.1) is 32.1 Å². The molecule has 0 amide bonds. The van der Waals surface area contributed by atoms with E-state index in [4.69, 9.17) is 0 Å². The van der Waals surface area contributed by atoms with Crippen molar-refractivity contribution in [1.29, 1.82) is 5.26 Å². The summed E-state index contributed by atoms with van der Waals surface area (Å²) in [5.41, 5.74) is 3.44. The Labute approximate surface area is 140 Å². The molecule has 2 aromatic heterocycles. The lowest BCUT2D eigenvalue weighted by Crippen LogP contribution is -2.52. The molecular formula is C16H20N6S. The highest BCUT2D eigenvalue weighted by Crippen LogP contribution is 2.28. The van der Waals surface area contributed by atoms with Gasteiger partial charge in [0.1, 0.15) is 11.6 Å². The molecule has 3 heterocycles. The van der Waals surface area contributed by atoms with Crippen LogP contribution in [0.4, 0.5) is 10.9 Å². The van der Waals surface area contributed by atoms with Crippen LogP contribution in [0.5, 0.6) is 0 Å². The molecule has 1 fully saturated rings. The van der Waals surface area contributed by atoms with E-state index in [1.54, 1.807) is 11.3 Å². The van der Waals surface area contributed by atoms with E-state index in [0.29, 0.717) is 17.4 Å². The van der Waals surface area contributed by atoms with Crippen LogP contribution in [0.1, 0.15) is 29.4 Å². The van der Waals surface area contributed by atoms with Gasteiger partial charge in [-0.2, -0.15) is 10.4 Å². The Bertz CT molecular complexity index is 762. The largest absolute Gasteiger partial charge is 0.350 e. The van der Waals surface area contributed by atoms with Crippen LogP contribution < -0.4 is 9.80 Å². The van der Waals surface area contributed by atoms with Crippen molar-refractivity contribution in [3.8, 4) is 6.07 Å². The Hall–Kier alpha value is -2.20. The summed E-state index contributed by atoms with van der Waals surface area (Å²) < 4.78 is 0. The van der Waals surface area contributed by atoms with Gasteiger partial charge in [0.25, 0.3) is 0 Å². The van der Waals surface area contributed by atoms with E-state index in [-0.39, 0.29) is 0 Å². The lowest BCUT2D eigenvalue weighted by molar-refractivity contribution is 0.543. The summed E-state index contributed by atoms with van der Waals surface area (Å²) in [6, 6.07) is 2.60. The molecule has 0 aliphatic carbocycles. The van der Waals surface area contributed by atoms with Gasteiger partial charge in [0.15, 0.2) is 10.9 Å². The third kappa shape index (κ3) is 2.86. The molecule has 0 saturated carbocycles. The van der Waals surface area contributed by atoms with Gasteiger partial charge in [0, 0.05) is 31.1 Å². The van der Waals surface area contributed by atoms with Crippen LogP contribution >= 0.6 is 11.3 Å². The Kier molecular flexibility index (Phi) is 4.18. The van der Waals surface area contributed by atoms with Crippen molar-refractivity contribution in [3.05, 3.63) is 27.9 Å². The lowest BCUT2D eigenvalue weighted by atomic mass is 10.1. The summed E-state index contributed by atoms with van der Waals surface area (Å²) in [4.78, 5) is 9.08. The van der Waals surface area contributed by atoms with Crippen molar-refractivity contribution >= 4 is 22.3 Å². The number of aryl methyl sites for hydroxylation is 2. The van der Waals surface area contributed by atoms with Crippen molar-refractivity contribution in [1.82, 2.24) is 15.2 Å². The van der Waals surface area contributed by atoms with Crippen LogP contribution in [0.3, 0.4) is 0 Å². The number of thiazole rings is 1. The van der Waals surface area contributed by atoms with E-state index in [9.17, 15) is 5.26 Å². The Morgan fingerprint density at radius 3 is 2.65 bits per heavy atom. The molecule has 0 aromatic carbocycles. The molecule has 3 rings (SSSR count). The number of piperazine rings is 1. The Balaban J connectivity index is 1.83. The summed E-state index contributed by atoms with van der Waals surface area (Å²) in [6.07, 6.45) is 0. The van der Waals surface area contributed by atoms with Crippen LogP contribution in [0.25, 0.3) is 0 Å². The van der Waals surface area contributed by atoms with E-state index >= 15 is 0 Å². The quantitative estimate of drug-likeness (QED) is 0.843. The zero-order chi connectivity index (χ0) is 16.6. The minimum Gasteiger partial charge on any atom is -0.350 e. The van der Waals surface area contributed by atoms with Crippen LogP contribution in [0.2, 0.25) is 0 Å². The maximum absolute atomic E-state index is 9.49.